The molecular formula is C18H18N2O4. The molecule has 0 aliphatic carbocycles. The number of aryl methyl sites for hydroxylation is 1. The Labute approximate surface area is 140 Å². The van der Waals surface area contributed by atoms with E-state index in [0.29, 0.717) is 18.0 Å². The van der Waals surface area contributed by atoms with Gasteiger partial charge in [0.15, 0.2) is 18.1 Å². The number of carbonyl (C=O) groups excluding carboxylic acids is 1. The fraction of sp³-hybridized carbons (Fsp3) is 0.222. The Morgan fingerprint density at radius 2 is 2.00 bits per heavy atom. The number of oxime groups is 1. The molecule has 0 fully saturated rings. The van der Waals surface area contributed by atoms with Crippen molar-refractivity contribution in [1.29, 1.82) is 0 Å². The maximum atomic E-state index is 11.7. The lowest BCUT2D eigenvalue weighted by Crippen LogP contribution is -2.26. The van der Waals surface area contributed by atoms with Gasteiger partial charge in [0, 0.05) is 12.1 Å². The van der Waals surface area contributed by atoms with Crippen molar-refractivity contribution in [2.45, 2.75) is 13.5 Å². The summed E-state index contributed by atoms with van der Waals surface area (Å²) in [4.78, 5) is 16.7. The molecule has 1 amide bonds. The fourth-order valence-corrected chi connectivity index (χ4v) is 2.15. The number of amides is 1. The monoisotopic (exact) mass is 326 g/mol. The van der Waals surface area contributed by atoms with Crippen LogP contribution >= 0.6 is 0 Å². The van der Waals surface area contributed by atoms with Gasteiger partial charge in [-0.15, -0.1) is 0 Å². The normalized spacial score (nSPS) is 12.4. The molecule has 0 bridgehead atoms. The zero-order valence-corrected chi connectivity index (χ0v) is 13.3. The molecule has 3 rings (SSSR count). The number of ether oxygens (including phenoxy) is 2. The lowest BCUT2D eigenvalue weighted by molar-refractivity contribution is -0.125. The van der Waals surface area contributed by atoms with E-state index in [1.807, 2.05) is 37.3 Å². The Balaban J connectivity index is 1.40. The van der Waals surface area contributed by atoms with Gasteiger partial charge in [0.1, 0.15) is 0 Å². The van der Waals surface area contributed by atoms with Crippen molar-refractivity contribution in [3.63, 3.8) is 0 Å². The molecule has 1 heterocycles. The lowest BCUT2D eigenvalue weighted by Gasteiger charge is -2.05. The van der Waals surface area contributed by atoms with Crippen molar-refractivity contribution < 1.29 is 19.1 Å². The van der Waals surface area contributed by atoms with E-state index < -0.39 is 0 Å². The van der Waals surface area contributed by atoms with Gasteiger partial charge in [-0.1, -0.05) is 35.0 Å². The van der Waals surface area contributed by atoms with E-state index in [2.05, 4.69) is 10.5 Å². The van der Waals surface area contributed by atoms with Crippen LogP contribution in [0.1, 0.15) is 16.7 Å². The zero-order valence-electron chi connectivity index (χ0n) is 13.3. The average Bonchev–Trinajstić information content (AvgIpc) is 3.06. The second kappa shape index (κ2) is 7.50. The van der Waals surface area contributed by atoms with Crippen LogP contribution in [-0.2, 0) is 16.2 Å². The van der Waals surface area contributed by atoms with Crippen LogP contribution in [0.2, 0.25) is 0 Å². The molecule has 0 aromatic heterocycles. The third-order valence-electron chi connectivity index (χ3n) is 3.48. The topological polar surface area (TPSA) is 69.2 Å². The Kier molecular flexibility index (Phi) is 4.96. The van der Waals surface area contributed by atoms with E-state index in [1.165, 1.54) is 11.8 Å². The van der Waals surface area contributed by atoms with Crippen LogP contribution in [0.5, 0.6) is 11.5 Å². The van der Waals surface area contributed by atoms with Crippen molar-refractivity contribution in [2.24, 2.45) is 5.16 Å². The summed E-state index contributed by atoms with van der Waals surface area (Å²) in [5, 5.41) is 6.57. The largest absolute Gasteiger partial charge is 0.454 e. The highest BCUT2D eigenvalue weighted by Gasteiger charge is 2.12. The Morgan fingerprint density at radius 1 is 1.21 bits per heavy atom. The number of nitrogens with zero attached hydrogens (tertiary/aromatic N) is 1. The molecule has 2 aromatic carbocycles. The molecule has 0 spiro atoms. The van der Waals surface area contributed by atoms with Gasteiger partial charge >= 0.3 is 0 Å². The van der Waals surface area contributed by atoms with Crippen molar-refractivity contribution in [3.8, 4) is 11.5 Å². The number of carbonyl (C=O) groups is 1. The average molecular weight is 326 g/mol. The van der Waals surface area contributed by atoms with Gasteiger partial charge in [0.05, 0.1) is 6.21 Å². The Morgan fingerprint density at radius 3 is 2.83 bits per heavy atom. The van der Waals surface area contributed by atoms with Crippen LogP contribution in [0, 0.1) is 6.92 Å². The van der Waals surface area contributed by atoms with Gasteiger partial charge in [-0.2, -0.15) is 0 Å². The maximum Gasteiger partial charge on any atom is 0.261 e. The van der Waals surface area contributed by atoms with E-state index in [0.717, 1.165) is 11.1 Å². The minimum atomic E-state index is -0.224. The summed E-state index contributed by atoms with van der Waals surface area (Å²) in [6.07, 6.45) is 1.52. The standard InChI is InChI=1S/C18H18N2O4/c1-13-2-4-14(5-3-13)9-19-18(21)11-24-20-10-15-6-7-16-17(8-15)23-12-22-16/h2-8,10H,9,11-12H2,1H3,(H,19,21)/b20-10-. The third-order valence-corrected chi connectivity index (χ3v) is 3.48. The van der Waals surface area contributed by atoms with Crippen LogP contribution in [0.3, 0.4) is 0 Å². The summed E-state index contributed by atoms with van der Waals surface area (Å²) in [6, 6.07) is 13.4. The first-order valence-electron chi connectivity index (χ1n) is 7.58. The zero-order chi connectivity index (χ0) is 16.8. The first-order valence-corrected chi connectivity index (χ1v) is 7.58. The predicted molar refractivity (Wildman–Crippen MR) is 89.1 cm³/mol. The summed E-state index contributed by atoms with van der Waals surface area (Å²) in [6.45, 7) is 2.59. The lowest BCUT2D eigenvalue weighted by atomic mass is 10.1. The molecular weight excluding hydrogens is 308 g/mol. The first-order chi connectivity index (χ1) is 11.7. The third kappa shape index (κ3) is 4.25. The molecule has 2 aromatic rings. The summed E-state index contributed by atoms with van der Waals surface area (Å²) in [7, 11) is 0. The van der Waals surface area contributed by atoms with Gasteiger partial charge in [-0.25, -0.2) is 0 Å². The van der Waals surface area contributed by atoms with Gasteiger partial charge < -0.3 is 19.6 Å². The Hall–Kier alpha value is -3.02. The molecule has 124 valence electrons. The number of hydrogen-bond acceptors (Lipinski definition) is 5. The number of rotatable bonds is 6. The first kappa shape index (κ1) is 15.9. The fourth-order valence-electron chi connectivity index (χ4n) is 2.15. The maximum absolute atomic E-state index is 11.7. The van der Waals surface area contributed by atoms with Gasteiger partial charge in [0.2, 0.25) is 6.79 Å². The molecule has 0 unspecified atom stereocenters. The predicted octanol–water partition coefficient (Wildman–Crippen LogP) is 2.39. The highest BCUT2D eigenvalue weighted by atomic mass is 16.7. The van der Waals surface area contributed by atoms with Gasteiger partial charge in [-0.3, -0.25) is 4.79 Å². The SMILES string of the molecule is Cc1ccc(CNC(=O)CO/N=C\c2ccc3c(c2)OCO3)cc1. The van der Waals surface area contributed by atoms with Crippen LogP contribution in [0.15, 0.2) is 47.6 Å². The molecule has 1 aliphatic heterocycles. The van der Waals surface area contributed by atoms with E-state index in [1.54, 1.807) is 12.1 Å². The van der Waals surface area contributed by atoms with Crippen molar-refractivity contribution in [3.05, 3.63) is 59.2 Å². The minimum Gasteiger partial charge on any atom is -0.454 e. The summed E-state index contributed by atoms with van der Waals surface area (Å²) in [5.41, 5.74) is 3.03. The molecule has 0 atom stereocenters. The van der Waals surface area contributed by atoms with E-state index >= 15 is 0 Å². The molecule has 6 heteroatoms. The van der Waals surface area contributed by atoms with Crippen LogP contribution in [0.25, 0.3) is 0 Å². The molecule has 0 saturated heterocycles. The molecule has 24 heavy (non-hydrogen) atoms. The van der Waals surface area contributed by atoms with Gasteiger partial charge in [-0.05, 0) is 30.7 Å². The van der Waals surface area contributed by atoms with Crippen molar-refractivity contribution in [1.82, 2.24) is 5.32 Å². The summed E-state index contributed by atoms with van der Waals surface area (Å²) < 4.78 is 10.5. The Bertz CT molecular complexity index is 741. The van der Waals surface area contributed by atoms with Crippen molar-refractivity contribution >= 4 is 12.1 Å². The van der Waals surface area contributed by atoms with Crippen LogP contribution < -0.4 is 14.8 Å². The highest BCUT2D eigenvalue weighted by Crippen LogP contribution is 2.31. The second-order valence-corrected chi connectivity index (χ2v) is 5.38. The minimum absolute atomic E-state index is 0.132. The second-order valence-electron chi connectivity index (χ2n) is 5.38. The van der Waals surface area contributed by atoms with E-state index in [-0.39, 0.29) is 19.3 Å². The molecule has 0 saturated carbocycles. The number of fused-ring (bicyclic) bond motifs is 1. The smallest absolute Gasteiger partial charge is 0.261 e. The summed E-state index contributed by atoms with van der Waals surface area (Å²) >= 11 is 0. The highest BCUT2D eigenvalue weighted by molar-refractivity contribution is 5.81. The van der Waals surface area contributed by atoms with Crippen LogP contribution in [0.4, 0.5) is 0 Å². The van der Waals surface area contributed by atoms with Gasteiger partial charge in [0.25, 0.3) is 5.91 Å². The van der Waals surface area contributed by atoms with Crippen LogP contribution in [-0.4, -0.2) is 25.5 Å². The van der Waals surface area contributed by atoms with E-state index in [4.69, 9.17) is 14.3 Å². The quantitative estimate of drug-likeness (QED) is 0.654. The molecule has 6 nitrogen and oxygen atoms in total. The number of hydrogen-bond donors (Lipinski definition) is 1. The van der Waals surface area contributed by atoms with E-state index in [9.17, 15) is 4.79 Å². The summed E-state index contributed by atoms with van der Waals surface area (Å²) in [5.74, 6) is 1.16. The molecule has 1 N–H and O–H groups in total. The number of nitrogens with one attached hydrogen (secondary N) is 1. The molecule has 0 radical (unpaired) electrons. The molecule has 1 aliphatic rings. The van der Waals surface area contributed by atoms with Crippen molar-refractivity contribution in [2.75, 3.05) is 13.4 Å². The number of benzene rings is 2.